The van der Waals surface area contributed by atoms with E-state index in [1.807, 2.05) is 24.3 Å². The number of carbonyl (C=O) groups is 2. The van der Waals surface area contributed by atoms with Crippen molar-refractivity contribution in [3.63, 3.8) is 0 Å². The van der Waals surface area contributed by atoms with Crippen LogP contribution in [0.2, 0.25) is 0 Å². The number of para-hydroxylation sites is 1. The maximum absolute atomic E-state index is 12.4. The van der Waals surface area contributed by atoms with Gasteiger partial charge in [0.15, 0.2) is 0 Å². The summed E-state index contributed by atoms with van der Waals surface area (Å²) in [7, 11) is 0. The summed E-state index contributed by atoms with van der Waals surface area (Å²) in [5.41, 5.74) is 2.11. The third kappa shape index (κ3) is 2.99. The number of anilines is 1. The van der Waals surface area contributed by atoms with E-state index in [2.05, 4.69) is 17.2 Å². The first kappa shape index (κ1) is 14.1. The van der Waals surface area contributed by atoms with Gasteiger partial charge in [0.05, 0.1) is 0 Å². The lowest BCUT2D eigenvalue weighted by molar-refractivity contribution is -0.119. The molecule has 1 aromatic rings. The molecule has 1 heterocycles. The van der Waals surface area contributed by atoms with Crippen LogP contribution in [0.25, 0.3) is 0 Å². The predicted octanol–water partition coefficient (Wildman–Crippen LogP) is 1.45. The molecular weight excluding hydrogens is 254 g/mol. The molecule has 1 aliphatic rings. The standard InChI is InChI=1S/C15H19N3O2/c1-3-9-16-15(20)17-11(2)14(19)18-10-8-12-6-4-5-7-13(12)18/h3-7,11H,1,8-10H2,2H3,(H2,16,17,20). The molecule has 5 heteroatoms. The van der Waals surface area contributed by atoms with Crippen LogP contribution in [0.3, 0.4) is 0 Å². The zero-order valence-electron chi connectivity index (χ0n) is 11.6. The number of rotatable bonds is 4. The van der Waals surface area contributed by atoms with E-state index in [4.69, 9.17) is 0 Å². The van der Waals surface area contributed by atoms with Gasteiger partial charge in [-0.2, -0.15) is 0 Å². The average molecular weight is 273 g/mol. The topological polar surface area (TPSA) is 61.4 Å². The molecule has 5 nitrogen and oxygen atoms in total. The molecule has 1 unspecified atom stereocenters. The fraction of sp³-hybridized carbons (Fsp3) is 0.333. The van der Waals surface area contributed by atoms with Crippen LogP contribution in [0, 0.1) is 0 Å². The van der Waals surface area contributed by atoms with E-state index in [-0.39, 0.29) is 11.9 Å². The first-order valence-corrected chi connectivity index (χ1v) is 6.68. The number of amides is 3. The number of nitrogens with one attached hydrogen (secondary N) is 2. The van der Waals surface area contributed by atoms with Crippen LogP contribution < -0.4 is 15.5 Å². The van der Waals surface area contributed by atoms with Crippen LogP contribution in [0.1, 0.15) is 12.5 Å². The Balaban J connectivity index is 1.98. The van der Waals surface area contributed by atoms with Crippen LogP contribution in [-0.4, -0.2) is 31.1 Å². The van der Waals surface area contributed by atoms with Crippen molar-refractivity contribution in [1.29, 1.82) is 0 Å². The van der Waals surface area contributed by atoms with Crippen LogP contribution in [0.5, 0.6) is 0 Å². The number of nitrogens with zero attached hydrogens (tertiary/aromatic N) is 1. The second kappa shape index (κ2) is 6.23. The monoisotopic (exact) mass is 273 g/mol. The van der Waals surface area contributed by atoms with Crippen molar-refractivity contribution in [2.24, 2.45) is 0 Å². The maximum atomic E-state index is 12.4. The van der Waals surface area contributed by atoms with Crippen molar-refractivity contribution in [3.8, 4) is 0 Å². The Kier molecular flexibility index (Phi) is 4.40. The van der Waals surface area contributed by atoms with Gasteiger partial charge in [0.2, 0.25) is 5.91 Å². The predicted molar refractivity (Wildman–Crippen MR) is 78.7 cm³/mol. The van der Waals surface area contributed by atoms with Crippen LogP contribution in [-0.2, 0) is 11.2 Å². The summed E-state index contributed by atoms with van der Waals surface area (Å²) in [6.07, 6.45) is 2.44. The zero-order valence-corrected chi connectivity index (χ0v) is 11.6. The highest BCUT2D eigenvalue weighted by atomic mass is 16.2. The highest BCUT2D eigenvalue weighted by Gasteiger charge is 2.28. The molecular formula is C15H19N3O2. The molecule has 106 valence electrons. The molecule has 0 bridgehead atoms. The molecule has 0 saturated carbocycles. The summed E-state index contributed by atoms with van der Waals surface area (Å²) in [6.45, 7) is 6.25. The second-order valence-electron chi connectivity index (χ2n) is 4.73. The van der Waals surface area contributed by atoms with Gasteiger partial charge in [-0.15, -0.1) is 6.58 Å². The Morgan fingerprint density at radius 2 is 2.20 bits per heavy atom. The minimum Gasteiger partial charge on any atom is -0.335 e. The molecule has 0 radical (unpaired) electrons. The van der Waals surface area contributed by atoms with Gasteiger partial charge in [0.1, 0.15) is 6.04 Å². The summed E-state index contributed by atoms with van der Waals surface area (Å²) in [6, 6.07) is 6.92. The second-order valence-corrected chi connectivity index (χ2v) is 4.73. The molecule has 20 heavy (non-hydrogen) atoms. The van der Waals surface area contributed by atoms with Crippen molar-refractivity contribution in [2.45, 2.75) is 19.4 Å². The lowest BCUT2D eigenvalue weighted by atomic mass is 10.2. The van der Waals surface area contributed by atoms with E-state index in [9.17, 15) is 9.59 Å². The van der Waals surface area contributed by atoms with Gasteiger partial charge in [-0.25, -0.2) is 4.79 Å². The number of hydrogen-bond acceptors (Lipinski definition) is 2. The number of carbonyl (C=O) groups excluding carboxylic acids is 2. The van der Waals surface area contributed by atoms with Crippen molar-refractivity contribution in [2.75, 3.05) is 18.0 Å². The number of hydrogen-bond donors (Lipinski definition) is 2. The Labute approximate surface area is 118 Å². The molecule has 2 N–H and O–H groups in total. The van der Waals surface area contributed by atoms with Gasteiger partial charge in [0.25, 0.3) is 0 Å². The Morgan fingerprint density at radius 3 is 2.95 bits per heavy atom. The number of benzene rings is 1. The highest BCUT2D eigenvalue weighted by Crippen LogP contribution is 2.27. The summed E-state index contributed by atoms with van der Waals surface area (Å²) in [4.78, 5) is 25.6. The fourth-order valence-corrected chi connectivity index (χ4v) is 2.28. The van der Waals surface area contributed by atoms with Crippen LogP contribution in [0.4, 0.5) is 10.5 Å². The molecule has 0 saturated heterocycles. The van der Waals surface area contributed by atoms with Crippen molar-refractivity contribution >= 4 is 17.6 Å². The minimum absolute atomic E-state index is 0.0938. The minimum atomic E-state index is -0.564. The van der Waals surface area contributed by atoms with Gasteiger partial charge >= 0.3 is 6.03 Å². The van der Waals surface area contributed by atoms with Crippen molar-refractivity contribution in [1.82, 2.24) is 10.6 Å². The maximum Gasteiger partial charge on any atom is 0.315 e. The summed E-state index contributed by atoms with van der Waals surface area (Å²) in [5.74, 6) is -0.0938. The van der Waals surface area contributed by atoms with Crippen molar-refractivity contribution in [3.05, 3.63) is 42.5 Å². The van der Waals surface area contributed by atoms with E-state index in [0.717, 1.165) is 12.1 Å². The third-order valence-electron chi connectivity index (χ3n) is 3.28. The third-order valence-corrected chi connectivity index (χ3v) is 3.28. The smallest absolute Gasteiger partial charge is 0.315 e. The van der Waals surface area contributed by atoms with E-state index >= 15 is 0 Å². The Morgan fingerprint density at radius 1 is 1.45 bits per heavy atom. The van der Waals surface area contributed by atoms with Crippen molar-refractivity contribution < 1.29 is 9.59 Å². The SMILES string of the molecule is C=CCNC(=O)NC(C)C(=O)N1CCc2ccccc21. The Bertz CT molecular complexity index is 528. The first-order valence-electron chi connectivity index (χ1n) is 6.68. The summed E-state index contributed by atoms with van der Waals surface area (Å²) >= 11 is 0. The fourth-order valence-electron chi connectivity index (χ4n) is 2.28. The van der Waals surface area contributed by atoms with Crippen LogP contribution >= 0.6 is 0 Å². The molecule has 0 aliphatic carbocycles. The van der Waals surface area contributed by atoms with E-state index in [1.54, 1.807) is 17.9 Å². The van der Waals surface area contributed by atoms with Gasteiger partial charge in [-0.3, -0.25) is 4.79 Å². The van der Waals surface area contributed by atoms with Gasteiger partial charge in [0, 0.05) is 18.8 Å². The van der Waals surface area contributed by atoms with Gasteiger partial charge in [-0.05, 0) is 25.0 Å². The molecule has 0 aromatic heterocycles. The molecule has 1 aliphatic heterocycles. The molecule has 3 amide bonds. The lowest BCUT2D eigenvalue weighted by Crippen LogP contribution is -2.49. The molecule has 1 aromatic carbocycles. The molecule has 2 rings (SSSR count). The summed E-state index contributed by atoms with van der Waals surface area (Å²) < 4.78 is 0. The van der Waals surface area contributed by atoms with Gasteiger partial charge in [-0.1, -0.05) is 24.3 Å². The molecule has 1 atom stereocenters. The van der Waals surface area contributed by atoms with E-state index in [0.29, 0.717) is 13.1 Å². The number of fused-ring (bicyclic) bond motifs is 1. The van der Waals surface area contributed by atoms with Gasteiger partial charge < -0.3 is 15.5 Å². The quantitative estimate of drug-likeness (QED) is 0.816. The number of urea groups is 1. The highest BCUT2D eigenvalue weighted by molar-refractivity contribution is 6.00. The largest absolute Gasteiger partial charge is 0.335 e. The average Bonchev–Trinajstić information content (AvgIpc) is 2.88. The normalized spacial score (nSPS) is 14.3. The zero-order chi connectivity index (χ0) is 14.5. The molecule has 0 fully saturated rings. The molecule has 0 spiro atoms. The van der Waals surface area contributed by atoms with E-state index in [1.165, 1.54) is 5.56 Å². The lowest BCUT2D eigenvalue weighted by Gasteiger charge is -2.22. The van der Waals surface area contributed by atoms with Crippen LogP contribution in [0.15, 0.2) is 36.9 Å². The first-order chi connectivity index (χ1) is 9.63. The summed E-state index contributed by atoms with van der Waals surface area (Å²) in [5, 5.41) is 5.22. The van der Waals surface area contributed by atoms with E-state index < -0.39 is 6.04 Å². The Hall–Kier alpha value is -2.30.